The van der Waals surface area contributed by atoms with E-state index in [1.807, 2.05) is 18.2 Å². The van der Waals surface area contributed by atoms with Gasteiger partial charge < -0.3 is 10.6 Å². The normalized spacial score (nSPS) is 10.4. The van der Waals surface area contributed by atoms with Crippen LogP contribution in [0.5, 0.6) is 0 Å². The lowest BCUT2D eigenvalue weighted by Gasteiger charge is -2.09. The molecule has 0 saturated carbocycles. The zero-order valence-corrected chi connectivity index (χ0v) is 15.3. The first-order valence-corrected chi connectivity index (χ1v) is 8.74. The minimum absolute atomic E-state index is 0.234. The summed E-state index contributed by atoms with van der Waals surface area (Å²) in [6, 6.07) is 16.5. The summed E-state index contributed by atoms with van der Waals surface area (Å²) in [5.74, 6) is 0.00782. The fourth-order valence-electron chi connectivity index (χ4n) is 2.31. The zero-order chi connectivity index (χ0) is 18.4. The maximum atomic E-state index is 12.4. The van der Waals surface area contributed by atoms with Gasteiger partial charge in [-0.2, -0.15) is 0 Å². The SMILES string of the molecule is O=C(Nc1cc(Cl)ccc1Cl)c1ccnc(NCCc2ccccc2)n1. The van der Waals surface area contributed by atoms with E-state index >= 15 is 0 Å². The van der Waals surface area contributed by atoms with Crippen LogP contribution in [-0.2, 0) is 6.42 Å². The van der Waals surface area contributed by atoms with Gasteiger partial charge in [0, 0.05) is 17.8 Å². The number of aromatic nitrogens is 2. The van der Waals surface area contributed by atoms with Crippen LogP contribution in [-0.4, -0.2) is 22.4 Å². The van der Waals surface area contributed by atoms with Gasteiger partial charge >= 0.3 is 0 Å². The quantitative estimate of drug-likeness (QED) is 0.644. The predicted molar refractivity (Wildman–Crippen MR) is 105 cm³/mol. The molecule has 132 valence electrons. The second kappa shape index (κ2) is 8.65. The number of hydrogen-bond acceptors (Lipinski definition) is 4. The van der Waals surface area contributed by atoms with E-state index in [1.54, 1.807) is 18.2 Å². The minimum Gasteiger partial charge on any atom is -0.354 e. The molecule has 0 fully saturated rings. The highest BCUT2D eigenvalue weighted by molar-refractivity contribution is 6.35. The molecule has 2 N–H and O–H groups in total. The number of carbonyl (C=O) groups is 1. The molecule has 1 heterocycles. The molecule has 1 aromatic heterocycles. The highest BCUT2D eigenvalue weighted by Crippen LogP contribution is 2.25. The van der Waals surface area contributed by atoms with Crippen LogP contribution < -0.4 is 10.6 Å². The Bertz CT molecular complexity index is 903. The third-order valence-electron chi connectivity index (χ3n) is 3.60. The van der Waals surface area contributed by atoms with Crippen LogP contribution in [0.4, 0.5) is 11.6 Å². The van der Waals surface area contributed by atoms with Gasteiger partial charge in [0.15, 0.2) is 0 Å². The third-order valence-corrected chi connectivity index (χ3v) is 4.17. The number of nitrogens with zero attached hydrogens (tertiary/aromatic N) is 2. The van der Waals surface area contributed by atoms with Crippen molar-refractivity contribution in [2.45, 2.75) is 6.42 Å². The number of amides is 1. The third kappa shape index (κ3) is 4.94. The van der Waals surface area contributed by atoms with Gasteiger partial charge in [0.1, 0.15) is 5.69 Å². The maximum Gasteiger partial charge on any atom is 0.274 e. The minimum atomic E-state index is -0.386. The summed E-state index contributed by atoms with van der Waals surface area (Å²) in [6.45, 7) is 0.662. The van der Waals surface area contributed by atoms with Gasteiger partial charge in [0.25, 0.3) is 5.91 Å². The summed E-state index contributed by atoms with van der Waals surface area (Å²) in [7, 11) is 0. The monoisotopic (exact) mass is 386 g/mol. The van der Waals surface area contributed by atoms with Crippen molar-refractivity contribution in [2.24, 2.45) is 0 Å². The number of benzene rings is 2. The number of rotatable bonds is 6. The Balaban J connectivity index is 1.62. The first-order valence-electron chi connectivity index (χ1n) is 7.99. The summed E-state index contributed by atoms with van der Waals surface area (Å²) in [5.41, 5.74) is 1.88. The molecular weight excluding hydrogens is 371 g/mol. The molecule has 0 radical (unpaired) electrons. The molecule has 0 aliphatic carbocycles. The Morgan fingerprint density at radius 3 is 2.65 bits per heavy atom. The molecule has 5 nitrogen and oxygen atoms in total. The number of anilines is 2. The van der Waals surface area contributed by atoms with E-state index in [9.17, 15) is 4.79 Å². The van der Waals surface area contributed by atoms with Crippen molar-refractivity contribution in [1.29, 1.82) is 0 Å². The molecule has 0 unspecified atom stereocenters. The van der Waals surface area contributed by atoms with Crippen LogP contribution >= 0.6 is 23.2 Å². The van der Waals surface area contributed by atoms with Crippen molar-refractivity contribution in [3.63, 3.8) is 0 Å². The summed E-state index contributed by atoms with van der Waals surface area (Å²) >= 11 is 12.0. The Hall–Kier alpha value is -2.63. The fourth-order valence-corrected chi connectivity index (χ4v) is 2.65. The largest absolute Gasteiger partial charge is 0.354 e. The van der Waals surface area contributed by atoms with E-state index in [2.05, 4.69) is 32.7 Å². The Morgan fingerprint density at radius 1 is 1.04 bits per heavy atom. The fraction of sp³-hybridized carbons (Fsp3) is 0.105. The van der Waals surface area contributed by atoms with Crippen molar-refractivity contribution >= 4 is 40.7 Å². The Kier molecular flexibility index (Phi) is 6.04. The number of halogens is 2. The summed E-state index contributed by atoms with van der Waals surface area (Å²) in [6.07, 6.45) is 2.37. The predicted octanol–water partition coefficient (Wildman–Crippen LogP) is 4.69. The van der Waals surface area contributed by atoms with Gasteiger partial charge in [-0.1, -0.05) is 53.5 Å². The van der Waals surface area contributed by atoms with Crippen LogP contribution in [0.15, 0.2) is 60.8 Å². The highest BCUT2D eigenvalue weighted by Gasteiger charge is 2.11. The van der Waals surface area contributed by atoms with Gasteiger partial charge in [-0.3, -0.25) is 4.79 Å². The van der Waals surface area contributed by atoms with Crippen molar-refractivity contribution in [3.05, 3.63) is 82.1 Å². The smallest absolute Gasteiger partial charge is 0.274 e. The average molecular weight is 387 g/mol. The first kappa shape index (κ1) is 18.2. The molecule has 0 bridgehead atoms. The molecule has 1 amide bonds. The number of hydrogen-bond donors (Lipinski definition) is 2. The number of nitrogens with one attached hydrogen (secondary N) is 2. The summed E-state index contributed by atoms with van der Waals surface area (Å²) in [4.78, 5) is 20.8. The Morgan fingerprint density at radius 2 is 1.85 bits per heavy atom. The molecule has 3 aromatic rings. The standard InChI is InChI=1S/C19H16Cl2N4O/c20-14-6-7-15(21)17(12-14)24-18(26)16-9-11-23-19(25-16)22-10-8-13-4-2-1-3-5-13/h1-7,9,11-12H,8,10H2,(H,24,26)(H,22,23,25). The van der Waals surface area contributed by atoms with Crippen molar-refractivity contribution in [1.82, 2.24) is 9.97 Å². The van der Waals surface area contributed by atoms with Gasteiger partial charge in [0.05, 0.1) is 10.7 Å². The van der Waals surface area contributed by atoms with Crippen LogP contribution in [0.3, 0.4) is 0 Å². The van der Waals surface area contributed by atoms with E-state index in [4.69, 9.17) is 23.2 Å². The van der Waals surface area contributed by atoms with Gasteiger partial charge in [-0.15, -0.1) is 0 Å². The van der Waals surface area contributed by atoms with Crippen LogP contribution in [0.1, 0.15) is 16.1 Å². The molecule has 2 aromatic carbocycles. The molecule has 7 heteroatoms. The van der Waals surface area contributed by atoms with Gasteiger partial charge in [-0.25, -0.2) is 9.97 Å². The van der Waals surface area contributed by atoms with E-state index in [1.165, 1.54) is 17.8 Å². The molecule has 0 saturated heterocycles. The molecule has 0 aliphatic heterocycles. The van der Waals surface area contributed by atoms with Crippen molar-refractivity contribution in [2.75, 3.05) is 17.2 Å². The topological polar surface area (TPSA) is 66.9 Å². The number of carbonyl (C=O) groups excluding carboxylic acids is 1. The lowest BCUT2D eigenvalue weighted by atomic mass is 10.1. The first-order chi connectivity index (χ1) is 12.6. The lowest BCUT2D eigenvalue weighted by Crippen LogP contribution is -2.16. The molecule has 26 heavy (non-hydrogen) atoms. The second-order valence-corrected chi connectivity index (χ2v) is 6.35. The molecular formula is C19H16Cl2N4O. The van der Waals surface area contributed by atoms with Crippen molar-refractivity contribution in [3.8, 4) is 0 Å². The van der Waals surface area contributed by atoms with E-state index in [-0.39, 0.29) is 11.6 Å². The summed E-state index contributed by atoms with van der Waals surface area (Å²) in [5, 5.41) is 6.71. The maximum absolute atomic E-state index is 12.4. The summed E-state index contributed by atoms with van der Waals surface area (Å²) < 4.78 is 0. The Labute approximate surface area is 161 Å². The van der Waals surface area contributed by atoms with E-state index in [0.29, 0.717) is 28.2 Å². The highest BCUT2D eigenvalue weighted by atomic mass is 35.5. The molecule has 3 rings (SSSR count). The van der Waals surface area contributed by atoms with Crippen molar-refractivity contribution < 1.29 is 4.79 Å². The lowest BCUT2D eigenvalue weighted by molar-refractivity contribution is 0.102. The van der Waals surface area contributed by atoms with Gasteiger partial charge in [-0.05, 0) is 36.2 Å². The van der Waals surface area contributed by atoms with Crippen LogP contribution in [0, 0.1) is 0 Å². The molecule has 0 atom stereocenters. The average Bonchev–Trinajstić information content (AvgIpc) is 2.66. The molecule has 0 spiro atoms. The van der Waals surface area contributed by atoms with E-state index in [0.717, 1.165) is 6.42 Å². The molecule has 0 aliphatic rings. The van der Waals surface area contributed by atoms with Gasteiger partial charge in [0.2, 0.25) is 5.95 Å². The van der Waals surface area contributed by atoms with E-state index < -0.39 is 0 Å². The van der Waals surface area contributed by atoms with Crippen LogP contribution in [0.2, 0.25) is 10.0 Å². The van der Waals surface area contributed by atoms with Crippen LogP contribution in [0.25, 0.3) is 0 Å². The second-order valence-electron chi connectivity index (χ2n) is 5.51. The zero-order valence-electron chi connectivity index (χ0n) is 13.7.